The molecule has 0 aliphatic carbocycles. The van der Waals surface area contributed by atoms with Crippen LogP contribution in [-0.2, 0) is 4.74 Å². The third kappa shape index (κ3) is 2.14. The van der Waals surface area contributed by atoms with Crippen LogP contribution in [0.2, 0.25) is 5.02 Å². The summed E-state index contributed by atoms with van der Waals surface area (Å²) in [5.74, 6) is 0.0992. The Morgan fingerprint density at radius 1 is 1.40 bits per heavy atom. The summed E-state index contributed by atoms with van der Waals surface area (Å²) in [7, 11) is 2.00. The van der Waals surface area contributed by atoms with Crippen molar-refractivity contribution in [1.29, 1.82) is 0 Å². The van der Waals surface area contributed by atoms with Crippen LogP contribution in [0.1, 0.15) is 24.2 Å². The molecule has 1 aromatic carbocycles. The largest absolute Gasteiger partial charge is 0.390 e. The van der Waals surface area contributed by atoms with E-state index in [0.717, 1.165) is 16.1 Å². The zero-order chi connectivity index (χ0) is 14.4. The first-order chi connectivity index (χ1) is 9.49. The van der Waals surface area contributed by atoms with Gasteiger partial charge in [0.2, 0.25) is 0 Å². The molecule has 0 amide bonds. The number of hydrogen-bond donors (Lipinski definition) is 1. The number of halogens is 1. The lowest BCUT2D eigenvalue weighted by Crippen LogP contribution is -2.45. The van der Waals surface area contributed by atoms with Gasteiger partial charge >= 0.3 is 0 Å². The highest BCUT2D eigenvalue weighted by Gasteiger charge is 2.42. The molecule has 20 heavy (non-hydrogen) atoms. The average Bonchev–Trinajstić information content (AvgIpc) is 2.83. The molecule has 4 heteroatoms. The van der Waals surface area contributed by atoms with Crippen LogP contribution in [0.25, 0.3) is 0 Å². The van der Waals surface area contributed by atoms with Gasteiger partial charge in [0, 0.05) is 24.2 Å². The van der Waals surface area contributed by atoms with Gasteiger partial charge in [-0.1, -0.05) is 23.7 Å². The third-order valence-electron chi connectivity index (χ3n) is 4.56. The second-order valence-corrected chi connectivity index (χ2v) is 6.26. The predicted octanol–water partition coefficient (Wildman–Crippen LogP) is 2.91. The minimum absolute atomic E-state index is 0.0689. The number of fused-ring (bicyclic) bond motifs is 1. The van der Waals surface area contributed by atoms with Crippen LogP contribution in [0, 0.1) is 12.8 Å². The highest BCUT2D eigenvalue weighted by Crippen LogP contribution is 2.43. The molecule has 3 rings (SSSR count). The number of aliphatic hydroxyl groups is 1. The predicted molar refractivity (Wildman–Crippen MR) is 79.7 cm³/mol. The molecule has 0 spiro atoms. The zero-order valence-electron chi connectivity index (χ0n) is 12.0. The molecule has 4 unspecified atom stereocenters. The van der Waals surface area contributed by atoms with Crippen molar-refractivity contribution in [2.75, 3.05) is 13.7 Å². The van der Waals surface area contributed by atoms with Gasteiger partial charge in [-0.15, -0.1) is 0 Å². The molecule has 1 aromatic rings. The van der Waals surface area contributed by atoms with Crippen LogP contribution in [0.4, 0.5) is 0 Å². The Bertz CT molecular complexity index is 557. The fourth-order valence-corrected chi connectivity index (χ4v) is 3.21. The number of likely N-dealkylation sites (N-methyl/N-ethyl adjacent to an activating group) is 1. The number of aliphatic hydroxyl groups excluding tert-OH is 1. The Hall–Kier alpha value is -1.03. The quantitative estimate of drug-likeness (QED) is 0.864. The van der Waals surface area contributed by atoms with E-state index in [1.54, 1.807) is 0 Å². The minimum atomic E-state index is -0.376. The lowest BCUT2D eigenvalue weighted by molar-refractivity contribution is 0.0319. The molecule has 2 heterocycles. The van der Waals surface area contributed by atoms with E-state index in [9.17, 15) is 5.11 Å². The van der Waals surface area contributed by atoms with Crippen molar-refractivity contribution in [3.05, 3.63) is 46.1 Å². The SMILES string of the molecule is Cc1cc(C2OCC3C2=CN(C)C(C)C3O)ccc1Cl. The standard InChI is InChI=1S/C16H20ClNO2/c1-9-6-11(4-5-14(9)17)16-12-7-18(3)10(2)15(19)13(12)8-20-16/h4-7,10,13,15-16,19H,8H2,1-3H3. The summed E-state index contributed by atoms with van der Waals surface area (Å²) in [6.07, 6.45) is 1.68. The van der Waals surface area contributed by atoms with Crippen LogP contribution in [0.5, 0.6) is 0 Å². The highest BCUT2D eigenvalue weighted by atomic mass is 35.5. The van der Waals surface area contributed by atoms with Gasteiger partial charge in [0.05, 0.1) is 18.8 Å². The molecular weight excluding hydrogens is 274 g/mol. The Kier molecular flexibility index (Phi) is 3.53. The second kappa shape index (κ2) is 5.06. The van der Waals surface area contributed by atoms with Crippen LogP contribution in [0.15, 0.2) is 30.0 Å². The maximum atomic E-state index is 10.4. The molecule has 0 aromatic heterocycles. The summed E-state index contributed by atoms with van der Waals surface area (Å²) in [5.41, 5.74) is 3.32. The third-order valence-corrected chi connectivity index (χ3v) is 4.98. The molecule has 108 valence electrons. The number of ether oxygens (including phenoxy) is 1. The van der Waals surface area contributed by atoms with Gasteiger partial charge in [-0.3, -0.25) is 0 Å². The average molecular weight is 294 g/mol. The van der Waals surface area contributed by atoms with Gasteiger partial charge in [-0.05, 0) is 36.6 Å². The lowest BCUT2D eigenvalue weighted by atomic mass is 9.84. The number of aryl methyl sites for hydroxylation is 1. The fraction of sp³-hybridized carbons (Fsp3) is 0.500. The van der Waals surface area contributed by atoms with Gasteiger partial charge in [0.25, 0.3) is 0 Å². The van der Waals surface area contributed by atoms with Crippen molar-refractivity contribution in [1.82, 2.24) is 4.90 Å². The number of hydrogen-bond acceptors (Lipinski definition) is 3. The highest BCUT2D eigenvalue weighted by molar-refractivity contribution is 6.31. The minimum Gasteiger partial charge on any atom is -0.390 e. The summed E-state index contributed by atoms with van der Waals surface area (Å²) in [6.45, 7) is 4.62. The van der Waals surface area contributed by atoms with E-state index in [4.69, 9.17) is 16.3 Å². The van der Waals surface area contributed by atoms with Crippen molar-refractivity contribution < 1.29 is 9.84 Å². The van der Waals surface area contributed by atoms with Crippen molar-refractivity contribution in [3.8, 4) is 0 Å². The van der Waals surface area contributed by atoms with Gasteiger partial charge in [0.1, 0.15) is 6.10 Å². The fourth-order valence-electron chi connectivity index (χ4n) is 3.10. The van der Waals surface area contributed by atoms with E-state index < -0.39 is 0 Å². The van der Waals surface area contributed by atoms with Crippen molar-refractivity contribution in [2.45, 2.75) is 32.1 Å². The van der Waals surface area contributed by atoms with E-state index >= 15 is 0 Å². The Balaban J connectivity index is 1.96. The molecule has 1 saturated heterocycles. The topological polar surface area (TPSA) is 32.7 Å². The molecule has 0 saturated carbocycles. The molecule has 1 fully saturated rings. The first-order valence-corrected chi connectivity index (χ1v) is 7.36. The molecule has 2 aliphatic heterocycles. The molecule has 4 atom stereocenters. The lowest BCUT2D eigenvalue weighted by Gasteiger charge is -2.37. The summed E-state index contributed by atoms with van der Waals surface area (Å²) < 4.78 is 5.95. The second-order valence-electron chi connectivity index (χ2n) is 5.85. The van der Waals surface area contributed by atoms with E-state index in [-0.39, 0.29) is 24.2 Å². The van der Waals surface area contributed by atoms with Gasteiger partial charge in [-0.25, -0.2) is 0 Å². The van der Waals surface area contributed by atoms with E-state index in [0.29, 0.717) is 6.61 Å². The van der Waals surface area contributed by atoms with E-state index in [1.165, 1.54) is 5.57 Å². The first kappa shape index (κ1) is 13.9. The monoisotopic (exact) mass is 293 g/mol. The van der Waals surface area contributed by atoms with Crippen LogP contribution < -0.4 is 0 Å². The van der Waals surface area contributed by atoms with Gasteiger partial charge in [0.15, 0.2) is 0 Å². The molecule has 1 N–H and O–H groups in total. The van der Waals surface area contributed by atoms with Crippen molar-refractivity contribution >= 4 is 11.6 Å². The Labute approximate surface area is 124 Å². The summed E-state index contributed by atoms with van der Waals surface area (Å²) in [6, 6.07) is 6.11. The van der Waals surface area contributed by atoms with Crippen molar-refractivity contribution in [3.63, 3.8) is 0 Å². The zero-order valence-corrected chi connectivity index (χ0v) is 12.8. The van der Waals surface area contributed by atoms with Crippen LogP contribution in [0.3, 0.4) is 0 Å². The van der Waals surface area contributed by atoms with E-state index in [2.05, 4.69) is 17.2 Å². The maximum absolute atomic E-state index is 10.4. The molecule has 3 nitrogen and oxygen atoms in total. The summed E-state index contributed by atoms with van der Waals surface area (Å²) in [4.78, 5) is 2.07. The molecule has 2 aliphatic rings. The van der Waals surface area contributed by atoms with Crippen LogP contribution >= 0.6 is 11.6 Å². The molecule has 0 bridgehead atoms. The van der Waals surface area contributed by atoms with Gasteiger partial charge in [-0.2, -0.15) is 0 Å². The summed E-state index contributed by atoms with van der Waals surface area (Å²) in [5, 5.41) is 11.2. The first-order valence-electron chi connectivity index (χ1n) is 6.98. The molecular formula is C16H20ClNO2. The Morgan fingerprint density at radius 3 is 2.85 bits per heavy atom. The molecule has 0 radical (unpaired) electrons. The number of benzene rings is 1. The van der Waals surface area contributed by atoms with E-state index in [1.807, 2.05) is 33.0 Å². The summed E-state index contributed by atoms with van der Waals surface area (Å²) >= 11 is 6.09. The van der Waals surface area contributed by atoms with Gasteiger partial charge < -0.3 is 14.7 Å². The number of rotatable bonds is 1. The number of nitrogens with zero attached hydrogens (tertiary/aromatic N) is 1. The maximum Gasteiger partial charge on any atom is 0.106 e. The van der Waals surface area contributed by atoms with Crippen LogP contribution in [-0.4, -0.2) is 35.8 Å². The van der Waals surface area contributed by atoms with Crippen molar-refractivity contribution in [2.24, 2.45) is 5.92 Å². The Morgan fingerprint density at radius 2 is 2.15 bits per heavy atom. The smallest absolute Gasteiger partial charge is 0.106 e. The normalized spacial score (nSPS) is 33.0.